The minimum absolute atomic E-state index is 0.445. The van der Waals surface area contributed by atoms with E-state index in [0.29, 0.717) is 11.6 Å². The topological polar surface area (TPSA) is 39.9 Å². The van der Waals surface area contributed by atoms with Crippen LogP contribution < -0.4 is 4.90 Å². The first-order valence-electron chi connectivity index (χ1n) is 4.77. The van der Waals surface area contributed by atoms with Crippen molar-refractivity contribution in [3.05, 3.63) is 23.9 Å². The van der Waals surface area contributed by atoms with Crippen LogP contribution in [-0.2, 0) is 0 Å². The molecule has 1 aromatic heterocycles. The lowest BCUT2D eigenvalue weighted by atomic mass is 10.3. The summed E-state index contributed by atoms with van der Waals surface area (Å²) in [6, 6.07) is 6.19. The number of rotatable bonds is 4. The predicted octanol–water partition coefficient (Wildman–Crippen LogP) is 2.14. The average Bonchev–Trinajstić information content (AvgIpc) is 2.28. The van der Waals surface area contributed by atoms with Crippen LogP contribution in [0.15, 0.2) is 18.3 Å². The van der Waals surface area contributed by atoms with E-state index in [9.17, 15) is 0 Å². The molecule has 0 aliphatic carbocycles. The van der Waals surface area contributed by atoms with E-state index in [-0.39, 0.29) is 0 Å². The highest BCUT2D eigenvalue weighted by atomic mass is 32.2. The molecule has 1 aromatic rings. The number of aromatic nitrogens is 1. The van der Waals surface area contributed by atoms with Crippen LogP contribution in [0.25, 0.3) is 0 Å². The second kappa shape index (κ2) is 5.62. The van der Waals surface area contributed by atoms with Crippen molar-refractivity contribution in [3.8, 4) is 6.07 Å². The van der Waals surface area contributed by atoms with E-state index < -0.39 is 0 Å². The molecule has 1 heterocycles. The van der Waals surface area contributed by atoms with Crippen molar-refractivity contribution >= 4 is 17.6 Å². The molecular weight excluding hydrogens is 206 g/mol. The zero-order chi connectivity index (χ0) is 11.3. The average molecular weight is 221 g/mol. The number of hydrogen-bond acceptors (Lipinski definition) is 4. The lowest BCUT2D eigenvalue weighted by Crippen LogP contribution is -2.31. The van der Waals surface area contributed by atoms with Gasteiger partial charge in [-0.3, -0.25) is 0 Å². The Kier molecular flexibility index (Phi) is 4.44. The fourth-order valence-corrected chi connectivity index (χ4v) is 1.95. The van der Waals surface area contributed by atoms with Crippen LogP contribution in [0.5, 0.6) is 0 Å². The number of pyridine rings is 1. The van der Waals surface area contributed by atoms with Gasteiger partial charge in [0, 0.05) is 25.0 Å². The molecule has 4 heteroatoms. The van der Waals surface area contributed by atoms with Crippen molar-refractivity contribution in [2.24, 2.45) is 0 Å². The lowest BCUT2D eigenvalue weighted by Gasteiger charge is -2.25. The van der Waals surface area contributed by atoms with E-state index in [1.165, 1.54) is 0 Å². The minimum Gasteiger partial charge on any atom is -0.356 e. The summed E-state index contributed by atoms with van der Waals surface area (Å²) in [6.45, 7) is 2.16. The molecule has 0 saturated heterocycles. The van der Waals surface area contributed by atoms with Gasteiger partial charge >= 0.3 is 0 Å². The Labute approximate surface area is 95.1 Å². The highest BCUT2D eigenvalue weighted by molar-refractivity contribution is 7.98. The quantitative estimate of drug-likeness (QED) is 0.781. The van der Waals surface area contributed by atoms with Gasteiger partial charge in [0.2, 0.25) is 0 Å². The third kappa shape index (κ3) is 3.14. The van der Waals surface area contributed by atoms with Crippen molar-refractivity contribution in [3.63, 3.8) is 0 Å². The van der Waals surface area contributed by atoms with Gasteiger partial charge in [0.15, 0.2) is 0 Å². The van der Waals surface area contributed by atoms with Gasteiger partial charge in [-0.25, -0.2) is 4.98 Å². The van der Waals surface area contributed by atoms with Crippen LogP contribution in [0.4, 0.5) is 5.82 Å². The molecule has 0 aromatic carbocycles. The summed E-state index contributed by atoms with van der Waals surface area (Å²) in [5, 5.41) is 8.65. The van der Waals surface area contributed by atoms with E-state index in [4.69, 9.17) is 5.26 Å². The standard InChI is InChI=1S/C11H15N3S/c1-9(8-15-3)14(2)11-5-4-10(6-12)7-13-11/h4-5,7,9H,8H2,1-3H3. The molecule has 0 saturated carbocycles. The Morgan fingerprint density at radius 2 is 2.33 bits per heavy atom. The number of nitriles is 1. The van der Waals surface area contributed by atoms with Crippen LogP contribution in [0.2, 0.25) is 0 Å². The van der Waals surface area contributed by atoms with E-state index in [2.05, 4.69) is 29.1 Å². The smallest absolute Gasteiger partial charge is 0.128 e. The first-order valence-corrected chi connectivity index (χ1v) is 6.16. The Morgan fingerprint density at radius 3 is 2.80 bits per heavy atom. The second-order valence-electron chi connectivity index (χ2n) is 3.43. The highest BCUT2D eigenvalue weighted by Gasteiger charge is 2.09. The molecular formula is C11H15N3S. The predicted molar refractivity (Wildman–Crippen MR) is 65.2 cm³/mol. The van der Waals surface area contributed by atoms with Crippen LogP contribution in [0.1, 0.15) is 12.5 Å². The molecule has 0 radical (unpaired) electrons. The van der Waals surface area contributed by atoms with Crippen LogP contribution >= 0.6 is 11.8 Å². The van der Waals surface area contributed by atoms with E-state index >= 15 is 0 Å². The molecule has 80 valence electrons. The molecule has 15 heavy (non-hydrogen) atoms. The molecule has 1 rings (SSSR count). The molecule has 0 spiro atoms. The summed E-state index contributed by atoms with van der Waals surface area (Å²) in [4.78, 5) is 6.37. The summed E-state index contributed by atoms with van der Waals surface area (Å²) in [6.07, 6.45) is 3.70. The first-order chi connectivity index (χ1) is 7.19. The molecule has 0 bridgehead atoms. The van der Waals surface area contributed by atoms with E-state index in [1.54, 1.807) is 12.3 Å². The van der Waals surface area contributed by atoms with Gasteiger partial charge in [0.1, 0.15) is 11.9 Å². The number of thioether (sulfide) groups is 1. The van der Waals surface area contributed by atoms with Gasteiger partial charge in [0.25, 0.3) is 0 Å². The monoisotopic (exact) mass is 221 g/mol. The maximum Gasteiger partial charge on any atom is 0.128 e. The Balaban J connectivity index is 2.74. The zero-order valence-electron chi connectivity index (χ0n) is 9.27. The van der Waals surface area contributed by atoms with Crippen molar-refractivity contribution < 1.29 is 0 Å². The summed E-state index contributed by atoms with van der Waals surface area (Å²) in [5.74, 6) is 1.98. The molecule has 0 amide bonds. The minimum atomic E-state index is 0.445. The van der Waals surface area contributed by atoms with Crippen molar-refractivity contribution in [1.29, 1.82) is 5.26 Å². The Morgan fingerprint density at radius 1 is 1.60 bits per heavy atom. The van der Waals surface area contributed by atoms with Gasteiger partial charge in [-0.1, -0.05) is 0 Å². The molecule has 0 N–H and O–H groups in total. The molecule has 1 unspecified atom stereocenters. The Bertz CT molecular complexity index is 342. The summed E-state index contributed by atoms with van der Waals surface area (Å²) < 4.78 is 0. The molecule has 3 nitrogen and oxygen atoms in total. The summed E-state index contributed by atoms with van der Waals surface area (Å²) in [5.41, 5.74) is 0.602. The molecule has 0 aliphatic rings. The van der Waals surface area contributed by atoms with E-state index in [0.717, 1.165) is 11.6 Å². The maximum absolute atomic E-state index is 8.65. The molecule has 0 aliphatic heterocycles. The SMILES string of the molecule is CSCC(C)N(C)c1ccc(C#N)cn1. The number of hydrogen-bond donors (Lipinski definition) is 0. The number of anilines is 1. The third-order valence-corrected chi connectivity index (χ3v) is 3.12. The first kappa shape index (κ1) is 11.9. The van der Waals surface area contributed by atoms with Crippen LogP contribution in [0, 0.1) is 11.3 Å². The summed E-state index contributed by atoms with van der Waals surface area (Å²) >= 11 is 1.82. The van der Waals surface area contributed by atoms with Gasteiger partial charge < -0.3 is 4.90 Å². The van der Waals surface area contributed by atoms with Crippen LogP contribution in [-0.4, -0.2) is 30.1 Å². The number of nitrogens with zero attached hydrogens (tertiary/aromatic N) is 3. The fraction of sp³-hybridized carbons (Fsp3) is 0.455. The Hall–Kier alpha value is -1.21. The second-order valence-corrected chi connectivity index (χ2v) is 4.34. The molecule has 1 atom stereocenters. The highest BCUT2D eigenvalue weighted by Crippen LogP contribution is 2.14. The van der Waals surface area contributed by atoms with Gasteiger partial charge in [-0.2, -0.15) is 17.0 Å². The normalized spacial score (nSPS) is 11.9. The third-order valence-electron chi connectivity index (χ3n) is 2.31. The van der Waals surface area contributed by atoms with Crippen LogP contribution in [0.3, 0.4) is 0 Å². The summed E-state index contributed by atoms with van der Waals surface area (Å²) in [7, 11) is 2.02. The van der Waals surface area contributed by atoms with Gasteiger partial charge in [-0.05, 0) is 25.3 Å². The van der Waals surface area contributed by atoms with Gasteiger partial charge in [0.05, 0.1) is 5.56 Å². The van der Waals surface area contributed by atoms with Crippen molar-refractivity contribution in [2.75, 3.05) is 24.0 Å². The lowest BCUT2D eigenvalue weighted by molar-refractivity contribution is 0.753. The van der Waals surface area contributed by atoms with E-state index in [1.807, 2.05) is 24.9 Å². The van der Waals surface area contributed by atoms with Crippen molar-refractivity contribution in [1.82, 2.24) is 4.98 Å². The van der Waals surface area contributed by atoms with Crippen molar-refractivity contribution in [2.45, 2.75) is 13.0 Å². The largest absolute Gasteiger partial charge is 0.356 e. The zero-order valence-corrected chi connectivity index (χ0v) is 10.1. The van der Waals surface area contributed by atoms with Gasteiger partial charge in [-0.15, -0.1) is 0 Å². The maximum atomic E-state index is 8.65. The fourth-order valence-electron chi connectivity index (χ4n) is 1.24. The molecule has 0 fully saturated rings.